The van der Waals surface area contributed by atoms with Crippen LogP contribution in [0.15, 0.2) is 53.1 Å². The molecule has 0 spiro atoms. The van der Waals surface area contributed by atoms with Crippen molar-refractivity contribution in [3.8, 4) is 17.3 Å². The number of carbonyl (C=O) groups is 1. The highest BCUT2D eigenvalue weighted by atomic mass is 32.1. The van der Waals surface area contributed by atoms with Crippen LogP contribution >= 0.6 is 12.2 Å². The number of ether oxygens (including phenoxy) is 1. The number of aromatic nitrogens is 3. The molecule has 0 bridgehead atoms. The zero-order valence-corrected chi connectivity index (χ0v) is 17.2. The van der Waals surface area contributed by atoms with E-state index in [0.29, 0.717) is 29.6 Å². The Hall–Kier alpha value is -2.71. The molecule has 29 heavy (non-hydrogen) atoms. The van der Waals surface area contributed by atoms with Gasteiger partial charge in [0.15, 0.2) is 5.76 Å². The molecule has 3 aromatic rings. The number of likely N-dealkylation sites (tertiary alicyclic amines) is 1. The van der Waals surface area contributed by atoms with Gasteiger partial charge in [-0.2, -0.15) is 0 Å². The van der Waals surface area contributed by atoms with Crippen LogP contribution in [0.3, 0.4) is 0 Å². The lowest BCUT2D eigenvalue weighted by atomic mass is 9.97. The van der Waals surface area contributed by atoms with Crippen molar-refractivity contribution >= 4 is 18.2 Å². The average molecular weight is 413 g/mol. The van der Waals surface area contributed by atoms with E-state index < -0.39 is 0 Å². The largest absolute Gasteiger partial charge is 0.466 e. The lowest BCUT2D eigenvalue weighted by molar-refractivity contribution is -0.149. The van der Waals surface area contributed by atoms with E-state index in [4.69, 9.17) is 26.5 Å². The van der Waals surface area contributed by atoms with Crippen molar-refractivity contribution in [2.75, 3.05) is 19.7 Å². The van der Waals surface area contributed by atoms with Crippen molar-refractivity contribution in [3.05, 3.63) is 53.5 Å². The molecule has 7 nitrogen and oxygen atoms in total. The van der Waals surface area contributed by atoms with Gasteiger partial charge >= 0.3 is 5.97 Å². The topological polar surface area (TPSA) is 65.4 Å². The van der Waals surface area contributed by atoms with E-state index in [1.165, 1.54) is 0 Å². The van der Waals surface area contributed by atoms with Crippen LogP contribution < -0.4 is 0 Å². The summed E-state index contributed by atoms with van der Waals surface area (Å²) in [5.74, 6) is 1.24. The highest BCUT2D eigenvalue weighted by Crippen LogP contribution is 2.24. The Labute approximate surface area is 174 Å². The van der Waals surface area contributed by atoms with Crippen molar-refractivity contribution in [1.82, 2.24) is 19.2 Å². The molecule has 0 N–H and O–H groups in total. The summed E-state index contributed by atoms with van der Waals surface area (Å²) in [6.45, 7) is 4.45. The standard InChI is InChI=1S/C21H24N4O3S/c1-2-27-20(26)16-10-12-23(13-11-16)15-24-21(29)25(17-7-4-3-5-8-17)19(22-24)18-9-6-14-28-18/h3-9,14,16H,2,10-13,15H2,1H3. The molecule has 4 rings (SSSR count). The van der Waals surface area contributed by atoms with E-state index in [9.17, 15) is 4.79 Å². The van der Waals surface area contributed by atoms with Crippen LogP contribution in [0.25, 0.3) is 17.3 Å². The smallest absolute Gasteiger partial charge is 0.309 e. The molecule has 0 unspecified atom stereocenters. The first-order valence-electron chi connectivity index (χ1n) is 9.85. The molecule has 0 atom stereocenters. The third-order valence-electron chi connectivity index (χ3n) is 5.14. The predicted octanol–water partition coefficient (Wildman–Crippen LogP) is 3.90. The minimum atomic E-state index is -0.0859. The van der Waals surface area contributed by atoms with Crippen LogP contribution in [-0.4, -0.2) is 44.9 Å². The summed E-state index contributed by atoms with van der Waals surface area (Å²) in [6.07, 6.45) is 3.21. The first kappa shape index (κ1) is 19.6. The van der Waals surface area contributed by atoms with Gasteiger partial charge in [-0.25, -0.2) is 4.68 Å². The molecule has 0 amide bonds. The first-order valence-corrected chi connectivity index (χ1v) is 10.3. The Kier molecular flexibility index (Phi) is 5.92. The Balaban J connectivity index is 1.56. The van der Waals surface area contributed by atoms with Gasteiger partial charge in [-0.05, 0) is 56.2 Å². The van der Waals surface area contributed by atoms with E-state index in [1.54, 1.807) is 6.26 Å². The summed E-state index contributed by atoms with van der Waals surface area (Å²) in [7, 11) is 0. The summed E-state index contributed by atoms with van der Waals surface area (Å²) in [6, 6.07) is 13.6. The number of hydrogen-bond acceptors (Lipinski definition) is 6. The zero-order chi connectivity index (χ0) is 20.2. The monoisotopic (exact) mass is 412 g/mol. The Morgan fingerprint density at radius 1 is 1.21 bits per heavy atom. The van der Waals surface area contributed by atoms with E-state index in [-0.39, 0.29) is 11.9 Å². The molecule has 2 aromatic heterocycles. The Bertz CT molecular complexity index is 1000. The maximum Gasteiger partial charge on any atom is 0.309 e. The second-order valence-corrected chi connectivity index (χ2v) is 7.40. The molecule has 0 radical (unpaired) electrons. The highest BCUT2D eigenvalue weighted by molar-refractivity contribution is 7.71. The molecule has 1 aliphatic heterocycles. The van der Waals surface area contributed by atoms with Gasteiger partial charge in [-0.15, -0.1) is 5.10 Å². The fourth-order valence-corrected chi connectivity index (χ4v) is 3.93. The quantitative estimate of drug-likeness (QED) is 0.452. The highest BCUT2D eigenvalue weighted by Gasteiger charge is 2.27. The van der Waals surface area contributed by atoms with Crippen molar-refractivity contribution in [2.45, 2.75) is 26.4 Å². The summed E-state index contributed by atoms with van der Waals surface area (Å²) >= 11 is 5.76. The number of furan rings is 1. The molecule has 1 fully saturated rings. The first-order chi connectivity index (χ1) is 14.2. The zero-order valence-electron chi connectivity index (χ0n) is 16.4. The van der Waals surface area contributed by atoms with Crippen LogP contribution in [-0.2, 0) is 16.2 Å². The van der Waals surface area contributed by atoms with Crippen LogP contribution in [0.2, 0.25) is 0 Å². The third-order valence-corrected chi connectivity index (χ3v) is 5.53. The third kappa shape index (κ3) is 4.18. The van der Waals surface area contributed by atoms with Gasteiger partial charge < -0.3 is 9.15 Å². The van der Waals surface area contributed by atoms with Gasteiger partial charge in [0.25, 0.3) is 0 Å². The molecular formula is C21H24N4O3S. The number of piperidine rings is 1. The SMILES string of the molecule is CCOC(=O)C1CCN(Cn2nc(-c3ccco3)n(-c3ccccc3)c2=S)CC1. The molecule has 1 aliphatic rings. The van der Waals surface area contributed by atoms with E-state index in [0.717, 1.165) is 31.6 Å². The number of esters is 1. The maximum absolute atomic E-state index is 12.0. The van der Waals surface area contributed by atoms with Crippen LogP contribution in [0.1, 0.15) is 19.8 Å². The van der Waals surface area contributed by atoms with E-state index in [1.807, 2.05) is 58.6 Å². The number of hydrogen-bond donors (Lipinski definition) is 0. The van der Waals surface area contributed by atoms with Gasteiger partial charge in [0.05, 0.1) is 31.1 Å². The van der Waals surface area contributed by atoms with E-state index in [2.05, 4.69) is 4.90 Å². The van der Waals surface area contributed by atoms with E-state index >= 15 is 0 Å². The van der Waals surface area contributed by atoms with Crippen molar-refractivity contribution in [1.29, 1.82) is 0 Å². The normalized spacial score (nSPS) is 15.5. The Morgan fingerprint density at radius 2 is 1.97 bits per heavy atom. The predicted molar refractivity (Wildman–Crippen MR) is 111 cm³/mol. The van der Waals surface area contributed by atoms with Crippen LogP contribution in [0.4, 0.5) is 0 Å². The molecule has 0 saturated carbocycles. The summed E-state index contributed by atoms with van der Waals surface area (Å²) in [5, 5.41) is 4.75. The fraction of sp³-hybridized carbons (Fsp3) is 0.381. The molecule has 1 saturated heterocycles. The van der Waals surface area contributed by atoms with Gasteiger partial charge in [0.1, 0.15) is 0 Å². The summed E-state index contributed by atoms with van der Waals surface area (Å²) < 4.78 is 15.1. The lowest BCUT2D eigenvalue weighted by Crippen LogP contribution is -2.38. The summed E-state index contributed by atoms with van der Waals surface area (Å²) in [4.78, 5) is 14.2. The summed E-state index contributed by atoms with van der Waals surface area (Å²) in [5.41, 5.74) is 0.941. The van der Waals surface area contributed by atoms with Crippen molar-refractivity contribution in [3.63, 3.8) is 0 Å². The molecule has 0 aliphatic carbocycles. The molecule has 152 valence electrons. The minimum Gasteiger partial charge on any atom is -0.466 e. The number of rotatable bonds is 6. The van der Waals surface area contributed by atoms with Crippen molar-refractivity contribution in [2.24, 2.45) is 5.92 Å². The number of para-hydroxylation sites is 1. The minimum absolute atomic E-state index is 0.0141. The molecule has 1 aromatic carbocycles. The van der Waals surface area contributed by atoms with Gasteiger partial charge in [-0.3, -0.25) is 14.3 Å². The molecule has 8 heteroatoms. The van der Waals surface area contributed by atoms with Gasteiger partial charge in [0, 0.05) is 13.1 Å². The second kappa shape index (κ2) is 8.75. The molecular weight excluding hydrogens is 388 g/mol. The number of nitrogens with zero attached hydrogens (tertiary/aromatic N) is 4. The average Bonchev–Trinajstić information content (AvgIpc) is 3.38. The Morgan fingerprint density at radius 3 is 2.62 bits per heavy atom. The van der Waals surface area contributed by atoms with Gasteiger partial charge in [0.2, 0.25) is 10.6 Å². The lowest BCUT2D eigenvalue weighted by Gasteiger charge is -2.30. The molecule has 3 heterocycles. The number of carbonyl (C=O) groups excluding carboxylic acids is 1. The van der Waals surface area contributed by atoms with Crippen LogP contribution in [0.5, 0.6) is 0 Å². The number of benzene rings is 1. The van der Waals surface area contributed by atoms with Crippen LogP contribution in [0, 0.1) is 10.7 Å². The fourth-order valence-electron chi connectivity index (χ4n) is 3.63. The maximum atomic E-state index is 12.0. The second-order valence-electron chi connectivity index (χ2n) is 7.04. The van der Waals surface area contributed by atoms with Crippen molar-refractivity contribution < 1.29 is 13.9 Å². The van der Waals surface area contributed by atoms with Gasteiger partial charge in [-0.1, -0.05) is 18.2 Å².